The molecule has 2 aromatic rings. The number of hydrogen-bond donors (Lipinski definition) is 2. The lowest BCUT2D eigenvalue weighted by atomic mass is 10.1. The van der Waals surface area contributed by atoms with Crippen LogP contribution in [0.15, 0.2) is 29.3 Å². The van der Waals surface area contributed by atoms with E-state index in [1.54, 1.807) is 45.0 Å². The Morgan fingerprint density at radius 2 is 2.00 bits per heavy atom. The summed E-state index contributed by atoms with van der Waals surface area (Å²) >= 11 is 0. The van der Waals surface area contributed by atoms with Crippen LogP contribution in [0.2, 0.25) is 0 Å². The molecule has 0 atom stereocenters. The number of carbonyl (C=O) groups is 1. The number of nitrogens with two attached hydrogens (primary N) is 2. The van der Waals surface area contributed by atoms with Crippen molar-refractivity contribution in [3.05, 3.63) is 30.1 Å². The van der Waals surface area contributed by atoms with Crippen LogP contribution < -0.4 is 11.5 Å². The Kier molecular flexibility index (Phi) is 4.77. The van der Waals surface area contributed by atoms with Gasteiger partial charge in [0.15, 0.2) is 11.6 Å². The van der Waals surface area contributed by atoms with E-state index >= 15 is 0 Å². The van der Waals surface area contributed by atoms with Crippen LogP contribution in [0.4, 0.5) is 21.8 Å². The highest BCUT2D eigenvalue weighted by Gasteiger charge is 2.15. The molecule has 0 amide bonds. The maximum atomic E-state index is 14.1. The van der Waals surface area contributed by atoms with Crippen LogP contribution >= 0.6 is 0 Å². The lowest BCUT2D eigenvalue weighted by Gasteiger charge is -2.17. The second kappa shape index (κ2) is 6.61. The van der Waals surface area contributed by atoms with Gasteiger partial charge in [-0.3, -0.25) is 0 Å². The number of esters is 1. The highest BCUT2D eigenvalue weighted by Crippen LogP contribution is 2.27. The minimum atomic E-state index is -0.766. The summed E-state index contributed by atoms with van der Waals surface area (Å²) in [6.45, 7) is 5.27. The first-order valence-electron chi connectivity index (χ1n) is 7.11. The Morgan fingerprint density at radius 1 is 1.29 bits per heavy atom. The molecule has 0 saturated heterocycles. The minimum absolute atomic E-state index is 0.0330. The van der Waals surface area contributed by atoms with E-state index in [4.69, 9.17) is 16.2 Å². The zero-order valence-electron chi connectivity index (χ0n) is 13.6. The summed E-state index contributed by atoms with van der Waals surface area (Å²) < 4.78 is 19.2. The van der Waals surface area contributed by atoms with Crippen LogP contribution in [-0.2, 0) is 9.53 Å². The van der Waals surface area contributed by atoms with Crippen LogP contribution in [0.25, 0.3) is 11.3 Å². The summed E-state index contributed by atoms with van der Waals surface area (Å²) in [7, 11) is 0. The minimum Gasteiger partial charge on any atom is -0.456 e. The molecule has 7 nitrogen and oxygen atoms in total. The number of rotatable bonds is 3. The number of halogens is 1. The van der Waals surface area contributed by atoms with Crippen LogP contribution in [0.1, 0.15) is 20.8 Å². The number of aliphatic imine (C=N–C) groups is 1. The Labute approximate surface area is 138 Å². The first kappa shape index (κ1) is 17.3. The van der Waals surface area contributed by atoms with Gasteiger partial charge in [-0.25, -0.2) is 19.2 Å². The quantitative estimate of drug-likeness (QED) is 0.659. The second-order valence-corrected chi connectivity index (χ2v) is 5.97. The van der Waals surface area contributed by atoms with E-state index in [0.717, 1.165) is 6.21 Å². The van der Waals surface area contributed by atoms with Gasteiger partial charge in [0, 0.05) is 5.56 Å². The van der Waals surface area contributed by atoms with E-state index in [1.165, 1.54) is 0 Å². The zero-order valence-corrected chi connectivity index (χ0v) is 13.6. The Bertz CT molecular complexity index is 800. The van der Waals surface area contributed by atoms with E-state index in [0.29, 0.717) is 11.3 Å². The van der Waals surface area contributed by atoms with Gasteiger partial charge in [0.2, 0.25) is 5.95 Å². The predicted octanol–water partition coefficient (Wildman–Crippen LogP) is 2.49. The number of ether oxygens (including phenoxy) is 1. The third kappa shape index (κ3) is 4.48. The number of benzene rings is 1. The topological polar surface area (TPSA) is 116 Å². The number of hydrogen-bond acceptors (Lipinski definition) is 7. The van der Waals surface area contributed by atoms with Crippen LogP contribution in [-0.4, -0.2) is 27.8 Å². The predicted molar refractivity (Wildman–Crippen MR) is 90.2 cm³/mol. The van der Waals surface area contributed by atoms with Gasteiger partial charge >= 0.3 is 5.97 Å². The van der Waals surface area contributed by atoms with E-state index in [2.05, 4.69) is 15.0 Å². The van der Waals surface area contributed by atoms with Gasteiger partial charge in [0.05, 0.1) is 5.69 Å². The standard InChI is InChI=1S/C16H18FN5O2/c1-16(2,3)24-11(23)8-20-10-6-4-5-9(7-10)13-12(17)14(18)22-15(19)21-13/h4-8H,1-3H3,(H4,18,19,21,22). The van der Waals surface area contributed by atoms with Crippen LogP contribution in [0.3, 0.4) is 0 Å². The van der Waals surface area contributed by atoms with Crippen molar-refractivity contribution in [3.8, 4) is 11.3 Å². The molecule has 24 heavy (non-hydrogen) atoms. The zero-order chi connectivity index (χ0) is 17.9. The third-order valence-corrected chi connectivity index (χ3v) is 2.74. The average Bonchev–Trinajstić information content (AvgIpc) is 2.47. The molecule has 0 unspecified atom stereocenters. The highest BCUT2D eigenvalue weighted by molar-refractivity contribution is 6.23. The SMILES string of the molecule is CC(C)(C)OC(=O)C=Nc1cccc(-c2nc(N)nc(N)c2F)c1. The van der Waals surface area contributed by atoms with Crippen LogP contribution in [0, 0.1) is 5.82 Å². The Morgan fingerprint density at radius 3 is 2.67 bits per heavy atom. The molecule has 0 bridgehead atoms. The summed E-state index contributed by atoms with van der Waals surface area (Å²) in [4.78, 5) is 23.1. The van der Waals surface area contributed by atoms with Gasteiger partial charge in [0.1, 0.15) is 17.5 Å². The lowest BCUT2D eigenvalue weighted by molar-refractivity contribution is -0.145. The summed E-state index contributed by atoms with van der Waals surface area (Å²) in [5.74, 6) is -1.81. The molecule has 1 aromatic heterocycles. The van der Waals surface area contributed by atoms with Crippen molar-refractivity contribution < 1.29 is 13.9 Å². The van der Waals surface area contributed by atoms with E-state index in [1.807, 2.05) is 0 Å². The van der Waals surface area contributed by atoms with E-state index in [9.17, 15) is 9.18 Å². The maximum absolute atomic E-state index is 14.1. The second-order valence-electron chi connectivity index (χ2n) is 5.97. The monoisotopic (exact) mass is 331 g/mol. The third-order valence-electron chi connectivity index (χ3n) is 2.74. The summed E-state index contributed by atoms with van der Waals surface area (Å²) in [5.41, 5.74) is 11.2. The van der Waals surface area contributed by atoms with Crippen molar-refractivity contribution in [2.24, 2.45) is 4.99 Å². The van der Waals surface area contributed by atoms with Crippen LogP contribution in [0.5, 0.6) is 0 Å². The molecule has 8 heteroatoms. The summed E-state index contributed by atoms with van der Waals surface area (Å²) in [6, 6.07) is 6.46. The summed E-state index contributed by atoms with van der Waals surface area (Å²) in [6.07, 6.45) is 1.06. The molecule has 0 aliphatic carbocycles. The van der Waals surface area contributed by atoms with E-state index in [-0.39, 0.29) is 17.5 Å². The fourth-order valence-electron chi connectivity index (χ4n) is 1.86. The molecule has 0 saturated carbocycles. The fraction of sp³-hybridized carbons (Fsp3) is 0.250. The van der Waals surface area contributed by atoms with Gasteiger partial charge in [-0.1, -0.05) is 12.1 Å². The lowest BCUT2D eigenvalue weighted by Crippen LogP contribution is -2.24. The number of anilines is 2. The molecular formula is C16H18FN5O2. The number of nitrogens with zero attached hydrogens (tertiary/aromatic N) is 3. The van der Waals surface area contributed by atoms with Crippen molar-refractivity contribution in [1.29, 1.82) is 0 Å². The largest absolute Gasteiger partial charge is 0.456 e. The average molecular weight is 331 g/mol. The first-order chi connectivity index (χ1) is 11.2. The van der Waals surface area contributed by atoms with Gasteiger partial charge in [-0.05, 0) is 32.9 Å². The highest BCUT2D eigenvalue weighted by atomic mass is 19.1. The van der Waals surface area contributed by atoms with Crippen molar-refractivity contribution in [1.82, 2.24) is 9.97 Å². The normalized spacial score (nSPS) is 11.7. The molecule has 0 aliphatic rings. The maximum Gasteiger partial charge on any atom is 0.349 e. The van der Waals surface area contributed by atoms with Gasteiger partial charge in [-0.15, -0.1) is 0 Å². The van der Waals surface area contributed by atoms with Gasteiger partial charge in [-0.2, -0.15) is 4.98 Å². The van der Waals surface area contributed by atoms with Crippen molar-refractivity contribution >= 4 is 29.6 Å². The molecule has 1 aromatic carbocycles. The summed E-state index contributed by atoms with van der Waals surface area (Å²) in [5, 5.41) is 0. The molecule has 0 fully saturated rings. The first-order valence-corrected chi connectivity index (χ1v) is 7.11. The number of nitrogen functional groups attached to an aromatic ring is 2. The smallest absolute Gasteiger partial charge is 0.349 e. The van der Waals surface area contributed by atoms with Gasteiger partial charge < -0.3 is 16.2 Å². The molecule has 2 rings (SSSR count). The Hall–Kier alpha value is -3.03. The molecule has 0 radical (unpaired) electrons. The Balaban J connectivity index is 2.29. The van der Waals surface area contributed by atoms with Crippen molar-refractivity contribution in [2.45, 2.75) is 26.4 Å². The molecule has 0 aliphatic heterocycles. The molecule has 126 valence electrons. The van der Waals surface area contributed by atoms with Gasteiger partial charge in [0.25, 0.3) is 0 Å². The van der Waals surface area contributed by atoms with Crippen molar-refractivity contribution in [3.63, 3.8) is 0 Å². The molecular weight excluding hydrogens is 313 g/mol. The van der Waals surface area contributed by atoms with Crippen molar-refractivity contribution in [2.75, 3.05) is 11.5 Å². The molecule has 0 spiro atoms. The fourth-order valence-corrected chi connectivity index (χ4v) is 1.86. The molecule has 1 heterocycles. The number of carbonyl (C=O) groups excluding carboxylic acids is 1. The molecule has 4 N–H and O–H groups in total. The van der Waals surface area contributed by atoms with E-state index < -0.39 is 17.4 Å². The number of aromatic nitrogens is 2.